The first kappa shape index (κ1) is 14.0. The highest BCUT2D eigenvalue weighted by atomic mass is 19.4. The fourth-order valence-corrected chi connectivity index (χ4v) is 1.86. The highest BCUT2D eigenvalue weighted by Crippen LogP contribution is 2.23. The monoisotopic (exact) mass is 312 g/mol. The molecule has 2 aromatic heterocycles. The lowest BCUT2D eigenvalue weighted by Crippen LogP contribution is -2.17. The number of hydrogen-bond acceptors (Lipinski definition) is 6. The van der Waals surface area contributed by atoms with Crippen LogP contribution in [0.2, 0.25) is 0 Å². The number of ether oxygens (including phenoxy) is 1. The third-order valence-electron chi connectivity index (χ3n) is 2.71. The standard InChI is InChI=1S/C12H7F3N4O3/c13-12(14,15)21-7-3-1-2-6(4-7)5-8-11(20)17-10-9(16-8)18-22-19-10/h1-4H,5H2,(H,17,19,20). The molecule has 0 radical (unpaired) electrons. The van der Waals surface area contributed by atoms with Gasteiger partial charge < -0.3 is 4.74 Å². The van der Waals surface area contributed by atoms with Gasteiger partial charge in [-0.05, 0) is 28.0 Å². The van der Waals surface area contributed by atoms with Crippen molar-refractivity contribution in [3.63, 3.8) is 0 Å². The molecular weight excluding hydrogens is 305 g/mol. The van der Waals surface area contributed by atoms with Gasteiger partial charge in [0.25, 0.3) is 5.56 Å². The summed E-state index contributed by atoms with van der Waals surface area (Å²) in [4.78, 5) is 18.2. The van der Waals surface area contributed by atoms with Gasteiger partial charge in [-0.2, -0.15) is 0 Å². The summed E-state index contributed by atoms with van der Waals surface area (Å²) in [5.74, 6) is -0.370. The molecule has 0 aliphatic heterocycles. The lowest BCUT2D eigenvalue weighted by molar-refractivity contribution is -0.274. The maximum atomic E-state index is 12.2. The highest BCUT2D eigenvalue weighted by molar-refractivity contribution is 5.62. The molecule has 22 heavy (non-hydrogen) atoms. The van der Waals surface area contributed by atoms with E-state index >= 15 is 0 Å². The first-order valence-electron chi connectivity index (χ1n) is 5.97. The lowest BCUT2D eigenvalue weighted by atomic mass is 10.1. The van der Waals surface area contributed by atoms with Gasteiger partial charge in [-0.15, -0.1) is 13.2 Å². The number of fused-ring (bicyclic) bond motifs is 1. The number of halogens is 3. The number of nitrogens with zero attached hydrogens (tertiary/aromatic N) is 3. The van der Waals surface area contributed by atoms with Crippen LogP contribution in [-0.4, -0.2) is 26.6 Å². The van der Waals surface area contributed by atoms with Crippen LogP contribution in [-0.2, 0) is 6.42 Å². The Morgan fingerprint density at radius 1 is 1.27 bits per heavy atom. The Balaban J connectivity index is 1.89. The molecule has 7 nitrogen and oxygen atoms in total. The predicted octanol–water partition coefficient (Wildman–Crippen LogP) is 1.80. The van der Waals surface area contributed by atoms with Crippen molar-refractivity contribution in [3.8, 4) is 5.75 Å². The molecule has 1 aromatic carbocycles. The lowest BCUT2D eigenvalue weighted by Gasteiger charge is -2.09. The van der Waals surface area contributed by atoms with Crippen LogP contribution >= 0.6 is 0 Å². The Bertz CT molecular complexity index is 872. The maximum absolute atomic E-state index is 12.2. The van der Waals surface area contributed by atoms with Crippen molar-refractivity contribution in [2.75, 3.05) is 0 Å². The van der Waals surface area contributed by atoms with Gasteiger partial charge >= 0.3 is 6.36 Å². The second-order valence-corrected chi connectivity index (χ2v) is 4.32. The first-order valence-corrected chi connectivity index (χ1v) is 5.97. The Labute approximate surface area is 119 Å². The number of rotatable bonds is 3. The predicted molar refractivity (Wildman–Crippen MR) is 66.2 cm³/mol. The van der Waals surface area contributed by atoms with Crippen LogP contribution in [0.3, 0.4) is 0 Å². The summed E-state index contributed by atoms with van der Waals surface area (Å²) in [5.41, 5.74) is 0.188. The zero-order chi connectivity index (χ0) is 15.7. The Kier molecular flexibility index (Phi) is 3.28. The second kappa shape index (κ2) is 5.13. The summed E-state index contributed by atoms with van der Waals surface area (Å²) < 4.78 is 44.8. The summed E-state index contributed by atoms with van der Waals surface area (Å²) in [5, 5.41) is 6.92. The molecule has 3 aromatic rings. The van der Waals surface area contributed by atoms with Crippen LogP contribution in [0.1, 0.15) is 11.3 Å². The minimum Gasteiger partial charge on any atom is -0.406 e. The van der Waals surface area contributed by atoms with Gasteiger partial charge in [0.05, 0.1) is 0 Å². The van der Waals surface area contributed by atoms with Crippen LogP contribution in [0.15, 0.2) is 33.7 Å². The van der Waals surface area contributed by atoms with E-state index in [1.165, 1.54) is 18.2 Å². The molecule has 10 heteroatoms. The number of hydrogen-bond donors (Lipinski definition) is 1. The Morgan fingerprint density at radius 2 is 2.09 bits per heavy atom. The highest BCUT2D eigenvalue weighted by Gasteiger charge is 2.31. The van der Waals surface area contributed by atoms with Crippen LogP contribution in [0.5, 0.6) is 5.75 Å². The molecule has 114 valence electrons. The normalized spacial score (nSPS) is 11.8. The maximum Gasteiger partial charge on any atom is 0.573 e. The van der Waals surface area contributed by atoms with Gasteiger partial charge in [0.2, 0.25) is 11.3 Å². The smallest absolute Gasteiger partial charge is 0.406 e. The largest absolute Gasteiger partial charge is 0.573 e. The molecule has 0 fully saturated rings. The van der Waals surface area contributed by atoms with Crippen molar-refractivity contribution in [2.45, 2.75) is 12.8 Å². The number of aromatic nitrogens is 4. The van der Waals surface area contributed by atoms with Crippen LogP contribution in [0.25, 0.3) is 11.3 Å². The van der Waals surface area contributed by atoms with Crippen LogP contribution < -0.4 is 10.3 Å². The molecule has 3 rings (SSSR count). The summed E-state index contributed by atoms with van der Waals surface area (Å²) in [6.07, 6.45) is -4.77. The Hall–Kier alpha value is -2.91. The molecule has 0 aliphatic carbocycles. The third-order valence-corrected chi connectivity index (χ3v) is 2.71. The van der Waals surface area contributed by atoms with E-state index in [1.54, 1.807) is 6.07 Å². The average Bonchev–Trinajstić information content (AvgIpc) is 2.84. The van der Waals surface area contributed by atoms with Crippen molar-refractivity contribution in [1.82, 2.24) is 20.3 Å². The van der Waals surface area contributed by atoms with E-state index in [-0.39, 0.29) is 29.2 Å². The number of alkyl halides is 3. The first-order chi connectivity index (χ1) is 10.4. The van der Waals surface area contributed by atoms with E-state index in [2.05, 4.69) is 29.6 Å². The van der Waals surface area contributed by atoms with E-state index < -0.39 is 11.9 Å². The van der Waals surface area contributed by atoms with E-state index in [4.69, 9.17) is 0 Å². The van der Waals surface area contributed by atoms with Crippen LogP contribution in [0, 0.1) is 0 Å². The zero-order valence-corrected chi connectivity index (χ0v) is 10.7. The SMILES string of the molecule is O=c1[nH]c2nonc2nc1Cc1cccc(OC(F)(F)F)c1. The molecule has 0 saturated heterocycles. The molecule has 0 saturated carbocycles. The van der Waals surface area contributed by atoms with E-state index in [0.29, 0.717) is 5.56 Å². The molecule has 0 bridgehead atoms. The number of aromatic amines is 1. The summed E-state index contributed by atoms with van der Waals surface area (Å²) in [6, 6.07) is 5.29. The molecule has 1 N–H and O–H groups in total. The third kappa shape index (κ3) is 3.05. The van der Waals surface area contributed by atoms with Crippen molar-refractivity contribution < 1.29 is 22.5 Å². The summed E-state index contributed by atoms with van der Waals surface area (Å²) >= 11 is 0. The topological polar surface area (TPSA) is 93.9 Å². The summed E-state index contributed by atoms with van der Waals surface area (Å²) in [6.45, 7) is 0. The van der Waals surface area contributed by atoms with Crippen molar-refractivity contribution in [1.29, 1.82) is 0 Å². The Morgan fingerprint density at radius 3 is 2.86 bits per heavy atom. The zero-order valence-electron chi connectivity index (χ0n) is 10.7. The van der Waals surface area contributed by atoms with Crippen LogP contribution in [0.4, 0.5) is 13.2 Å². The van der Waals surface area contributed by atoms with Gasteiger partial charge in [-0.3, -0.25) is 9.78 Å². The second-order valence-electron chi connectivity index (χ2n) is 4.32. The van der Waals surface area contributed by atoms with E-state index in [9.17, 15) is 18.0 Å². The molecule has 0 atom stereocenters. The van der Waals surface area contributed by atoms with E-state index in [1.807, 2.05) is 0 Å². The summed E-state index contributed by atoms with van der Waals surface area (Å²) in [7, 11) is 0. The average molecular weight is 312 g/mol. The van der Waals surface area contributed by atoms with Gasteiger partial charge in [0.1, 0.15) is 11.4 Å². The van der Waals surface area contributed by atoms with E-state index in [0.717, 1.165) is 0 Å². The van der Waals surface area contributed by atoms with Gasteiger partial charge in [-0.25, -0.2) is 9.61 Å². The molecule has 0 spiro atoms. The minimum absolute atomic E-state index is 0.00713. The number of benzene rings is 1. The van der Waals surface area contributed by atoms with Crippen molar-refractivity contribution >= 4 is 11.3 Å². The van der Waals surface area contributed by atoms with Gasteiger partial charge in [0.15, 0.2) is 0 Å². The molecular formula is C12H7F3N4O3. The molecule has 0 unspecified atom stereocenters. The van der Waals surface area contributed by atoms with Gasteiger partial charge in [0, 0.05) is 6.42 Å². The van der Waals surface area contributed by atoms with Crippen molar-refractivity contribution in [3.05, 3.63) is 45.9 Å². The minimum atomic E-state index is -4.78. The fourth-order valence-electron chi connectivity index (χ4n) is 1.86. The molecule has 2 heterocycles. The van der Waals surface area contributed by atoms with Crippen molar-refractivity contribution in [2.24, 2.45) is 0 Å². The quantitative estimate of drug-likeness (QED) is 0.792. The number of H-pyrrole nitrogens is 1. The molecule has 0 amide bonds. The van der Waals surface area contributed by atoms with Gasteiger partial charge in [-0.1, -0.05) is 12.1 Å². The fraction of sp³-hybridized carbons (Fsp3) is 0.167. The number of nitrogens with one attached hydrogen (secondary N) is 1. The molecule has 0 aliphatic rings.